The molecule has 0 saturated carbocycles. The van der Waals surface area contributed by atoms with Gasteiger partial charge >= 0.3 is 0 Å². The summed E-state index contributed by atoms with van der Waals surface area (Å²) < 4.78 is 5.89. The van der Waals surface area contributed by atoms with Gasteiger partial charge in [-0.05, 0) is 24.1 Å². The van der Waals surface area contributed by atoms with Gasteiger partial charge in [0.25, 0.3) is 0 Å². The van der Waals surface area contributed by atoms with E-state index in [-0.39, 0.29) is 0 Å². The van der Waals surface area contributed by atoms with Gasteiger partial charge in [-0.2, -0.15) is 0 Å². The molecule has 0 unspecified atom stereocenters. The first-order valence-electron chi connectivity index (χ1n) is 6.69. The minimum Gasteiger partial charge on any atom is -0.492 e. The van der Waals surface area contributed by atoms with Crippen LogP contribution in [0.1, 0.15) is 32.3 Å². The molecule has 3 heteroatoms. The highest BCUT2D eigenvalue weighted by atomic mass is 35.5. The average Bonchev–Trinajstić information content (AvgIpc) is 2.38. The fourth-order valence-corrected chi connectivity index (χ4v) is 2.16. The maximum absolute atomic E-state index is 5.89. The van der Waals surface area contributed by atoms with Crippen molar-refractivity contribution in [3.63, 3.8) is 0 Å². The van der Waals surface area contributed by atoms with Gasteiger partial charge in [-0.25, -0.2) is 0 Å². The molecule has 2 nitrogen and oxygen atoms in total. The lowest BCUT2D eigenvalue weighted by molar-refractivity contribution is 0.222. The first kappa shape index (κ1) is 15.3. The predicted molar refractivity (Wildman–Crippen MR) is 78.9 cm³/mol. The zero-order valence-corrected chi connectivity index (χ0v) is 12.4. The molecule has 18 heavy (non-hydrogen) atoms. The Morgan fingerprint density at radius 1 is 1.22 bits per heavy atom. The molecular weight excluding hydrogens is 246 g/mol. The van der Waals surface area contributed by atoms with Gasteiger partial charge in [0.1, 0.15) is 12.4 Å². The van der Waals surface area contributed by atoms with Crippen LogP contribution in [0, 0.1) is 0 Å². The quantitative estimate of drug-likeness (QED) is 0.667. The van der Waals surface area contributed by atoms with E-state index < -0.39 is 0 Å². The van der Waals surface area contributed by atoms with Gasteiger partial charge in [-0.3, -0.25) is 4.90 Å². The second kappa shape index (κ2) is 8.39. The lowest BCUT2D eigenvalue weighted by Gasteiger charge is -2.20. The summed E-state index contributed by atoms with van der Waals surface area (Å²) in [6, 6.07) is 8.27. The van der Waals surface area contributed by atoms with Crippen molar-refractivity contribution in [1.29, 1.82) is 0 Å². The third-order valence-electron chi connectivity index (χ3n) is 3.05. The molecule has 0 spiro atoms. The largest absolute Gasteiger partial charge is 0.492 e. The van der Waals surface area contributed by atoms with Crippen molar-refractivity contribution in [1.82, 2.24) is 4.90 Å². The van der Waals surface area contributed by atoms with Gasteiger partial charge in [0, 0.05) is 19.0 Å². The van der Waals surface area contributed by atoms with Crippen molar-refractivity contribution in [3.8, 4) is 5.75 Å². The summed E-state index contributed by atoms with van der Waals surface area (Å²) in [4.78, 5) is 2.30. The summed E-state index contributed by atoms with van der Waals surface area (Å²) in [5, 5.41) is 0. The zero-order valence-electron chi connectivity index (χ0n) is 11.7. The lowest BCUT2D eigenvalue weighted by atomic mass is 10.0. The van der Waals surface area contributed by atoms with Crippen LogP contribution in [-0.2, 0) is 0 Å². The molecule has 1 aromatic rings. The van der Waals surface area contributed by atoms with E-state index in [1.165, 1.54) is 5.56 Å². The van der Waals surface area contributed by atoms with Gasteiger partial charge in [-0.15, -0.1) is 11.6 Å². The molecule has 0 heterocycles. The number of hydrogen-bond donors (Lipinski definition) is 0. The minimum absolute atomic E-state index is 0.492. The van der Waals surface area contributed by atoms with Crippen LogP contribution >= 0.6 is 11.6 Å². The molecule has 0 atom stereocenters. The number of benzene rings is 1. The van der Waals surface area contributed by atoms with Crippen molar-refractivity contribution < 1.29 is 4.74 Å². The Bertz CT molecular complexity index is 341. The van der Waals surface area contributed by atoms with E-state index >= 15 is 0 Å². The van der Waals surface area contributed by atoms with E-state index in [1.807, 2.05) is 12.1 Å². The van der Waals surface area contributed by atoms with Gasteiger partial charge in [0.2, 0.25) is 0 Å². The summed E-state index contributed by atoms with van der Waals surface area (Å²) in [5.74, 6) is 2.18. The van der Waals surface area contributed by atoms with E-state index in [9.17, 15) is 0 Å². The number of halogens is 1. The second-order valence-electron chi connectivity index (χ2n) is 4.66. The fourth-order valence-electron chi connectivity index (χ4n) is 1.92. The Kier molecular flexibility index (Phi) is 7.14. The number of likely N-dealkylation sites (N-methyl/N-ethyl adjacent to an activating group) is 1. The standard InChI is InChI=1S/C15H24ClNO/c1-4-17(10-9-16)11-12-18-15-8-6-5-7-14(15)13(2)3/h5-8,13H,4,9-12H2,1-3H3. The Morgan fingerprint density at radius 3 is 2.56 bits per heavy atom. The van der Waals surface area contributed by atoms with Crippen LogP contribution in [0.2, 0.25) is 0 Å². The third kappa shape index (κ3) is 4.87. The molecule has 0 N–H and O–H groups in total. The fraction of sp³-hybridized carbons (Fsp3) is 0.600. The van der Waals surface area contributed by atoms with Crippen LogP contribution in [-0.4, -0.2) is 37.0 Å². The van der Waals surface area contributed by atoms with Crippen molar-refractivity contribution in [2.24, 2.45) is 0 Å². The highest BCUT2D eigenvalue weighted by Crippen LogP contribution is 2.25. The van der Waals surface area contributed by atoms with Crippen LogP contribution < -0.4 is 4.74 Å². The Hall–Kier alpha value is -0.730. The lowest BCUT2D eigenvalue weighted by Crippen LogP contribution is -2.30. The summed E-state index contributed by atoms with van der Waals surface area (Å²) in [6.45, 7) is 10.1. The molecule has 1 aromatic carbocycles. The van der Waals surface area contributed by atoms with E-state index in [0.717, 1.165) is 25.4 Å². The highest BCUT2D eigenvalue weighted by Gasteiger charge is 2.07. The molecule has 0 fully saturated rings. The molecule has 0 saturated heterocycles. The summed E-state index contributed by atoms with van der Waals surface area (Å²) in [7, 11) is 0. The molecule has 0 radical (unpaired) electrons. The van der Waals surface area contributed by atoms with Crippen molar-refractivity contribution in [3.05, 3.63) is 29.8 Å². The number of alkyl halides is 1. The van der Waals surface area contributed by atoms with Gasteiger partial charge < -0.3 is 4.74 Å². The molecule has 0 bridgehead atoms. The molecule has 0 aliphatic rings. The van der Waals surface area contributed by atoms with Crippen molar-refractivity contribution >= 4 is 11.6 Å². The summed E-state index contributed by atoms with van der Waals surface area (Å²) >= 11 is 5.76. The Morgan fingerprint density at radius 2 is 1.94 bits per heavy atom. The van der Waals surface area contributed by atoms with E-state index in [4.69, 9.17) is 16.3 Å². The first-order chi connectivity index (χ1) is 8.69. The SMILES string of the molecule is CCN(CCCl)CCOc1ccccc1C(C)C. The Balaban J connectivity index is 2.48. The topological polar surface area (TPSA) is 12.5 Å². The number of hydrogen-bond acceptors (Lipinski definition) is 2. The number of rotatable bonds is 8. The maximum Gasteiger partial charge on any atom is 0.122 e. The molecule has 1 rings (SSSR count). The molecule has 102 valence electrons. The predicted octanol–water partition coefficient (Wildman–Crippen LogP) is 3.75. The number of ether oxygens (including phenoxy) is 1. The summed E-state index contributed by atoms with van der Waals surface area (Å²) in [6.07, 6.45) is 0. The number of nitrogens with zero attached hydrogens (tertiary/aromatic N) is 1. The molecular formula is C15H24ClNO. The monoisotopic (exact) mass is 269 g/mol. The Labute approximate surface area is 116 Å². The maximum atomic E-state index is 5.89. The van der Waals surface area contributed by atoms with Crippen LogP contribution in [0.25, 0.3) is 0 Å². The van der Waals surface area contributed by atoms with Crippen LogP contribution in [0.5, 0.6) is 5.75 Å². The summed E-state index contributed by atoms with van der Waals surface area (Å²) in [5.41, 5.74) is 1.28. The van der Waals surface area contributed by atoms with Crippen LogP contribution in [0.15, 0.2) is 24.3 Å². The molecule has 0 aliphatic carbocycles. The number of para-hydroxylation sites is 1. The van der Waals surface area contributed by atoms with E-state index in [0.29, 0.717) is 18.4 Å². The minimum atomic E-state index is 0.492. The van der Waals surface area contributed by atoms with Crippen molar-refractivity contribution in [2.75, 3.05) is 32.1 Å². The molecule has 0 aromatic heterocycles. The first-order valence-corrected chi connectivity index (χ1v) is 7.22. The van der Waals surface area contributed by atoms with Gasteiger partial charge in [0.15, 0.2) is 0 Å². The zero-order chi connectivity index (χ0) is 13.4. The van der Waals surface area contributed by atoms with Crippen molar-refractivity contribution in [2.45, 2.75) is 26.7 Å². The third-order valence-corrected chi connectivity index (χ3v) is 3.22. The van der Waals surface area contributed by atoms with E-state index in [2.05, 4.69) is 37.8 Å². The van der Waals surface area contributed by atoms with E-state index in [1.54, 1.807) is 0 Å². The second-order valence-corrected chi connectivity index (χ2v) is 5.04. The normalized spacial score (nSPS) is 11.2. The van der Waals surface area contributed by atoms with Crippen LogP contribution in [0.3, 0.4) is 0 Å². The highest BCUT2D eigenvalue weighted by molar-refractivity contribution is 6.18. The van der Waals surface area contributed by atoms with Gasteiger partial charge in [-0.1, -0.05) is 39.0 Å². The smallest absolute Gasteiger partial charge is 0.122 e. The molecule has 0 amide bonds. The molecule has 0 aliphatic heterocycles. The average molecular weight is 270 g/mol. The van der Waals surface area contributed by atoms with Gasteiger partial charge in [0.05, 0.1) is 0 Å². The van der Waals surface area contributed by atoms with Crippen LogP contribution in [0.4, 0.5) is 0 Å².